The summed E-state index contributed by atoms with van der Waals surface area (Å²) in [4.78, 5) is 24.7. The second-order valence-electron chi connectivity index (χ2n) is 6.46. The van der Waals surface area contributed by atoms with E-state index in [1.807, 2.05) is 38.1 Å². The van der Waals surface area contributed by atoms with Crippen molar-refractivity contribution >= 4 is 23.2 Å². The first-order valence-corrected chi connectivity index (χ1v) is 8.17. The normalized spacial score (nSPS) is 18.1. The Balaban J connectivity index is 1.61. The van der Waals surface area contributed by atoms with Gasteiger partial charge in [-0.3, -0.25) is 9.59 Å². The molecule has 0 aromatic heterocycles. The summed E-state index contributed by atoms with van der Waals surface area (Å²) >= 11 is 0. The molecule has 2 amide bonds. The third-order valence-electron chi connectivity index (χ3n) is 4.26. The van der Waals surface area contributed by atoms with E-state index in [0.29, 0.717) is 17.7 Å². The maximum absolute atomic E-state index is 12.3. The first-order valence-electron chi connectivity index (χ1n) is 8.17. The minimum absolute atomic E-state index is 0.140. The van der Waals surface area contributed by atoms with E-state index in [4.69, 9.17) is 5.26 Å². The number of rotatable bonds is 4. The molecular weight excluding hydrogens is 314 g/mol. The van der Waals surface area contributed by atoms with Crippen molar-refractivity contribution in [1.82, 2.24) is 0 Å². The molecule has 0 saturated heterocycles. The van der Waals surface area contributed by atoms with Gasteiger partial charge in [-0.05, 0) is 55.7 Å². The highest BCUT2D eigenvalue weighted by Gasteiger charge is 2.48. The Morgan fingerprint density at radius 3 is 2.24 bits per heavy atom. The summed E-state index contributed by atoms with van der Waals surface area (Å²) in [5, 5.41) is 14.7. The summed E-state index contributed by atoms with van der Waals surface area (Å²) in [6.45, 7) is 3.95. The molecule has 1 aliphatic carbocycles. The molecule has 0 spiro atoms. The van der Waals surface area contributed by atoms with Crippen LogP contribution in [0.2, 0.25) is 0 Å². The molecule has 0 aliphatic heterocycles. The van der Waals surface area contributed by atoms with Gasteiger partial charge in [0.2, 0.25) is 11.8 Å². The van der Waals surface area contributed by atoms with Crippen LogP contribution in [0.1, 0.15) is 23.1 Å². The van der Waals surface area contributed by atoms with Crippen molar-refractivity contribution in [2.75, 3.05) is 10.6 Å². The molecule has 126 valence electrons. The van der Waals surface area contributed by atoms with Crippen LogP contribution in [0.5, 0.6) is 0 Å². The lowest BCUT2D eigenvalue weighted by Crippen LogP contribution is -2.21. The second-order valence-corrected chi connectivity index (χ2v) is 6.46. The summed E-state index contributed by atoms with van der Waals surface area (Å²) in [6, 6.07) is 14.7. The zero-order valence-corrected chi connectivity index (χ0v) is 14.2. The van der Waals surface area contributed by atoms with Gasteiger partial charge in [0.05, 0.1) is 23.1 Å². The molecule has 0 heterocycles. The van der Waals surface area contributed by atoms with Crippen LogP contribution in [0.4, 0.5) is 11.4 Å². The first-order chi connectivity index (χ1) is 12.0. The number of para-hydroxylation sites is 1. The summed E-state index contributed by atoms with van der Waals surface area (Å²) < 4.78 is 0. The number of benzene rings is 2. The first kappa shape index (κ1) is 16.7. The van der Waals surface area contributed by atoms with Gasteiger partial charge in [-0.25, -0.2) is 0 Å². The monoisotopic (exact) mass is 333 g/mol. The zero-order chi connectivity index (χ0) is 18.0. The smallest absolute Gasteiger partial charge is 0.228 e. The molecule has 3 rings (SSSR count). The number of carbonyl (C=O) groups is 2. The highest BCUT2D eigenvalue weighted by Crippen LogP contribution is 2.40. The highest BCUT2D eigenvalue weighted by molar-refractivity contribution is 6.03. The van der Waals surface area contributed by atoms with Gasteiger partial charge in [0.25, 0.3) is 0 Å². The number of hydrogen-bond acceptors (Lipinski definition) is 3. The Morgan fingerprint density at radius 2 is 1.60 bits per heavy atom. The van der Waals surface area contributed by atoms with Gasteiger partial charge in [0, 0.05) is 5.69 Å². The zero-order valence-electron chi connectivity index (χ0n) is 14.2. The molecule has 0 bridgehead atoms. The lowest BCUT2D eigenvalue weighted by molar-refractivity contribution is -0.122. The molecule has 1 fully saturated rings. The van der Waals surface area contributed by atoms with E-state index in [9.17, 15) is 9.59 Å². The third-order valence-corrected chi connectivity index (χ3v) is 4.26. The van der Waals surface area contributed by atoms with Gasteiger partial charge in [-0.2, -0.15) is 5.26 Å². The van der Waals surface area contributed by atoms with E-state index >= 15 is 0 Å². The van der Waals surface area contributed by atoms with Crippen molar-refractivity contribution in [1.29, 1.82) is 5.26 Å². The van der Waals surface area contributed by atoms with E-state index < -0.39 is 0 Å². The Hall–Kier alpha value is -3.13. The molecule has 1 aliphatic rings. The Morgan fingerprint density at radius 1 is 1.00 bits per heavy atom. The fraction of sp³-hybridized carbons (Fsp3) is 0.250. The number of nitrogens with zero attached hydrogens (tertiary/aromatic N) is 1. The number of amides is 2. The van der Waals surface area contributed by atoms with Crippen molar-refractivity contribution < 1.29 is 9.59 Å². The molecule has 25 heavy (non-hydrogen) atoms. The van der Waals surface area contributed by atoms with Crippen molar-refractivity contribution in [3.05, 3.63) is 59.2 Å². The summed E-state index contributed by atoms with van der Waals surface area (Å²) in [7, 11) is 0. The molecule has 2 unspecified atom stereocenters. The number of anilines is 2. The molecule has 2 aromatic carbocycles. The number of aryl methyl sites for hydroxylation is 2. The van der Waals surface area contributed by atoms with E-state index in [0.717, 1.165) is 16.8 Å². The standard InChI is InChI=1S/C20H19N3O2/c1-12-7-13(2)9-15(8-12)22-19(24)16-10-17(16)20(25)23-18-6-4-3-5-14(18)11-21/h3-9,16-17H,10H2,1-2H3,(H,22,24)(H,23,25). The van der Waals surface area contributed by atoms with Crippen LogP contribution in [0.15, 0.2) is 42.5 Å². The van der Waals surface area contributed by atoms with E-state index in [-0.39, 0.29) is 23.7 Å². The van der Waals surface area contributed by atoms with Crippen molar-refractivity contribution in [3.8, 4) is 6.07 Å². The average molecular weight is 333 g/mol. The lowest BCUT2D eigenvalue weighted by Gasteiger charge is -2.08. The number of carbonyl (C=O) groups excluding carboxylic acids is 2. The third kappa shape index (κ3) is 3.86. The second kappa shape index (κ2) is 6.78. The van der Waals surface area contributed by atoms with Crippen molar-refractivity contribution in [2.45, 2.75) is 20.3 Å². The SMILES string of the molecule is Cc1cc(C)cc(NC(=O)C2CC2C(=O)Nc2ccccc2C#N)c1. The van der Waals surface area contributed by atoms with Crippen LogP contribution in [0.25, 0.3) is 0 Å². The van der Waals surface area contributed by atoms with Gasteiger partial charge in [0.1, 0.15) is 6.07 Å². The summed E-state index contributed by atoms with van der Waals surface area (Å²) in [5.74, 6) is -1.03. The molecule has 0 radical (unpaired) electrons. The van der Waals surface area contributed by atoms with Crippen LogP contribution in [-0.2, 0) is 9.59 Å². The number of nitrogens with one attached hydrogen (secondary N) is 2. The number of nitriles is 1. The van der Waals surface area contributed by atoms with Crippen LogP contribution >= 0.6 is 0 Å². The van der Waals surface area contributed by atoms with Gasteiger partial charge < -0.3 is 10.6 Å². The van der Waals surface area contributed by atoms with Gasteiger partial charge >= 0.3 is 0 Å². The predicted molar refractivity (Wildman–Crippen MR) is 95.9 cm³/mol. The van der Waals surface area contributed by atoms with Crippen molar-refractivity contribution in [2.24, 2.45) is 11.8 Å². The Bertz CT molecular complexity index is 863. The topological polar surface area (TPSA) is 82.0 Å². The maximum atomic E-state index is 12.3. The fourth-order valence-corrected chi connectivity index (χ4v) is 2.97. The van der Waals surface area contributed by atoms with Crippen LogP contribution < -0.4 is 10.6 Å². The molecule has 2 aromatic rings. The maximum Gasteiger partial charge on any atom is 0.228 e. The summed E-state index contributed by atoms with van der Waals surface area (Å²) in [6.07, 6.45) is 0.525. The molecular formula is C20H19N3O2. The van der Waals surface area contributed by atoms with E-state index in [1.165, 1.54) is 0 Å². The lowest BCUT2D eigenvalue weighted by atomic mass is 10.1. The quantitative estimate of drug-likeness (QED) is 0.900. The Kier molecular flexibility index (Phi) is 4.53. The van der Waals surface area contributed by atoms with Gasteiger partial charge in [0.15, 0.2) is 0 Å². The van der Waals surface area contributed by atoms with Gasteiger partial charge in [-0.1, -0.05) is 18.2 Å². The molecule has 5 nitrogen and oxygen atoms in total. The number of hydrogen-bond donors (Lipinski definition) is 2. The Labute approximate surface area is 146 Å². The predicted octanol–water partition coefficient (Wildman–Crippen LogP) is 3.39. The van der Waals surface area contributed by atoms with Crippen LogP contribution in [0.3, 0.4) is 0 Å². The average Bonchev–Trinajstić information content (AvgIpc) is 3.35. The molecule has 5 heteroatoms. The largest absolute Gasteiger partial charge is 0.326 e. The highest BCUT2D eigenvalue weighted by atomic mass is 16.2. The van der Waals surface area contributed by atoms with Crippen molar-refractivity contribution in [3.63, 3.8) is 0 Å². The van der Waals surface area contributed by atoms with Gasteiger partial charge in [-0.15, -0.1) is 0 Å². The summed E-state index contributed by atoms with van der Waals surface area (Å²) in [5.41, 5.74) is 3.80. The van der Waals surface area contributed by atoms with E-state index in [1.54, 1.807) is 24.3 Å². The molecule has 2 atom stereocenters. The fourth-order valence-electron chi connectivity index (χ4n) is 2.97. The molecule has 1 saturated carbocycles. The molecule has 2 N–H and O–H groups in total. The minimum Gasteiger partial charge on any atom is -0.326 e. The van der Waals surface area contributed by atoms with E-state index in [2.05, 4.69) is 10.6 Å². The minimum atomic E-state index is -0.349. The van der Waals surface area contributed by atoms with Crippen LogP contribution in [0, 0.1) is 37.0 Å². The van der Waals surface area contributed by atoms with Crippen LogP contribution in [-0.4, -0.2) is 11.8 Å².